The summed E-state index contributed by atoms with van der Waals surface area (Å²) in [5.74, 6) is -0.511. The van der Waals surface area contributed by atoms with E-state index in [4.69, 9.17) is 4.74 Å². The van der Waals surface area contributed by atoms with Crippen LogP contribution in [0.4, 0.5) is 11.4 Å². The van der Waals surface area contributed by atoms with Gasteiger partial charge in [0.05, 0.1) is 23.2 Å². The average Bonchev–Trinajstić information content (AvgIpc) is 3.16. The van der Waals surface area contributed by atoms with E-state index in [1.807, 2.05) is 0 Å². The Morgan fingerprint density at radius 3 is 2.36 bits per heavy atom. The number of aromatic amines is 1. The third-order valence-corrected chi connectivity index (χ3v) is 6.68. The third-order valence-electron chi connectivity index (χ3n) is 4.89. The summed E-state index contributed by atoms with van der Waals surface area (Å²) >= 11 is 0. The molecule has 33 heavy (non-hydrogen) atoms. The second kappa shape index (κ2) is 9.13. The predicted octanol–water partition coefficient (Wildman–Crippen LogP) is 4.39. The van der Waals surface area contributed by atoms with Crippen LogP contribution in [0.5, 0.6) is 11.6 Å². The highest BCUT2D eigenvalue weighted by Gasteiger charge is 2.27. The van der Waals surface area contributed by atoms with E-state index < -0.39 is 22.5 Å². The molecule has 168 valence electrons. The number of hydrogen-bond donors (Lipinski definition) is 2. The van der Waals surface area contributed by atoms with E-state index in [0.29, 0.717) is 16.7 Å². The molecular formula is C23H20N4O5S. The maximum Gasteiger partial charge on any atom is 0.285 e. The van der Waals surface area contributed by atoms with Gasteiger partial charge >= 0.3 is 0 Å². The number of fused-ring (bicyclic) bond motifs is 1. The molecule has 0 saturated carbocycles. The van der Waals surface area contributed by atoms with Crippen molar-refractivity contribution in [1.82, 2.24) is 4.98 Å². The number of H-pyrrole nitrogens is 1. The van der Waals surface area contributed by atoms with Crippen molar-refractivity contribution in [2.75, 3.05) is 18.0 Å². The summed E-state index contributed by atoms with van der Waals surface area (Å²) in [6, 6.07) is 21.1. The molecule has 0 fully saturated rings. The van der Waals surface area contributed by atoms with E-state index in [2.05, 4.69) is 15.2 Å². The van der Waals surface area contributed by atoms with Gasteiger partial charge in [-0.25, -0.2) is 8.42 Å². The smallest absolute Gasteiger partial charge is 0.285 e. The number of rotatable bonds is 7. The molecule has 2 N–H and O–H groups in total. The summed E-state index contributed by atoms with van der Waals surface area (Å²) in [6.45, 7) is -0.587. The molecule has 0 unspecified atom stereocenters. The molecular weight excluding hydrogens is 444 g/mol. The number of nitrogens with one attached hydrogen (secondary N) is 1. The fourth-order valence-electron chi connectivity index (χ4n) is 3.26. The van der Waals surface area contributed by atoms with Crippen LogP contribution < -0.4 is 9.04 Å². The van der Waals surface area contributed by atoms with Crippen molar-refractivity contribution in [3.63, 3.8) is 0 Å². The number of amides is 1. The number of anilines is 1. The van der Waals surface area contributed by atoms with Crippen LogP contribution in [0, 0.1) is 0 Å². The van der Waals surface area contributed by atoms with E-state index in [1.54, 1.807) is 54.6 Å². The van der Waals surface area contributed by atoms with E-state index in [9.17, 15) is 18.3 Å². The molecule has 1 aromatic heterocycles. The Morgan fingerprint density at radius 2 is 1.67 bits per heavy atom. The van der Waals surface area contributed by atoms with Crippen LogP contribution in [-0.4, -0.2) is 38.1 Å². The van der Waals surface area contributed by atoms with Gasteiger partial charge in [-0.15, -0.1) is 10.2 Å². The minimum absolute atomic E-state index is 0.0276. The minimum Gasteiger partial charge on any atom is -0.497 e. The Kier molecular flexibility index (Phi) is 6.09. The van der Waals surface area contributed by atoms with Crippen LogP contribution in [0.1, 0.15) is 0 Å². The van der Waals surface area contributed by atoms with Gasteiger partial charge in [0.15, 0.2) is 5.69 Å². The van der Waals surface area contributed by atoms with Crippen molar-refractivity contribution in [2.24, 2.45) is 10.2 Å². The lowest BCUT2D eigenvalue weighted by Crippen LogP contribution is -2.35. The van der Waals surface area contributed by atoms with Crippen molar-refractivity contribution in [3.8, 4) is 11.6 Å². The van der Waals surface area contributed by atoms with Gasteiger partial charge in [0.25, 0.3) is 15.9 Å². The number of nitrogens with zero attached hydrogens (tertiary/aromatic N) is 3. The second-order valence-electron chi connectivity index (χ2n) is 6.98. The molecule has 4 rings (SSSR count). The van der Waals surface area contributed by atoms with Gasteiger partial charge in [-0.1, -0.05) is 36.4 Å². The van der Waals surface area contributed by atoms with Crippen molar-refractivity contribution >= 4 is 38.2 Å². The Morgan fingerprint density at radius 1 is 1.00 bits per heavy atom. The molecule has 0 aliphatic heterocycles. The molecule has 10 heteroatoms. The Labute approximate surface area is 190 Å². The lowest BCUT2D eigenvalue weighted by molar-refractivity contribution is -0.116. The monoisotopic (exact) mass is 464 g/mol. The molecule has 0 aliphatic rings. The zero-order valence-electron chi connectivity index (χ0n) is 17.5. The van der Waals surface area contributed by atoms with Crippen LogP contribution in [0.2, 0.25) is 0 Å². The summed E-state index contributed by atoms with van der Waals surface area (Å²) in [5, 5.41) is 18.2. The van der Waals surface area contributed by atoms with Crippen molar-refractivity contribution < 1.29 is 23.1 Å². The summed E-state index contributed by atoms with van der Waals surface area (Å²) in [4.78, 5) is 15.5. The van der Waals surface area contributed by atoms with Gasteiger partial charge in [0.1, 0.15) is 12.3 Å². The average molecular weight is 465 g/mol. The SMILES string of the molecule is COc1ccc(N(CC(=O)N=Nc2c(O)[nH]c3ccccc23)S(=O)(=O)c2ccccc2)cc1. The van der Waals surface area contributed by atoms with Crippen molar-refractivity contribution in [1.29, 1.82) is 0 Å². The number of carbonyl (C=O) groups excluding carboxylic acids is 1. The molecule has 9 nitrogen and oxygen atoms in total. The molecule has 0 saturated heterocycles. The van der Waals surface area contributed by atoms with E-state index >= 15 is 0 Å². The number of aromatic nitrogens is 1. The summed E-state index contributed by atoms with van der Waals surface area (Å²) < 4.78 is 32.7. The highest BCUT2D eigenvalue weighted by atomic mass is 32.2. The molecule has 0 spiro atoms. The molecule has 0 atom stereocenters. The summed E-state index contributed by atoms with van der Waals surface area (Å²) in [6.07, 6.45) is 0. The van der Waals surface area contributed by atoms with Gasteiger partial charge in [-0.2, -0.15) is 0 Å². The number of ether oxygens (including phenoxy) is 1. The topological polar surface area (TPSA) is 124 Å². The summed E-state index contributed by atoms with van der Waals surface area (Å²) in [7, 11) is -2.57. The first kappa shape index (κ1) is 22.0. The number of sulfonamides is 1. The number of azo groups is 1. The molecule has 3 aromatic carbocycles. The van der Waals surface area contributed by atoms with Crippen molar-refractivity contribution in [2.45, 2.75) is 4.90 Å². The number of benzene rings is 3. The van der Waals surface area contributed by atoms with Crippen LogP contribution in [0.3, 0.4) is 0 Å². The number of carbonyl (C=O) groups is 1. The van der Waals surface area contributed by atoms with Gasteiger partial charge in [-0.3, -0.25) is 9.10 Å². The Bertz CT molecular complexity index is 1410. The Balaban J connectivity index is 1.66. The van der Waals surface area contributed by atoms with E-state index in [-0.39, 0.29) is 22.2 Å². The molecule has 0 radical (unpaired) electrons. The quantitative estimate of drug-likeness (QED) is 0.393. The first-order valence-electron chi connectivity index (χ1n) is 9.86. The maximum atomic E-state index is 13.3. The molecule has 1 heterocycles. The zero-order chi connectivity index (χ0) is 23.4. The molecule has 1 amide bonds. The third kappa shape index (κ3) is 4.55. The van der Waals surface area contributed by atoms with Gasteiger partial charge < -0.3 is 14.8 Å². The fourth-order valence-corrected chi connectivity index (χ4v) is 4.69. The van der Waals surface area contributed by atoms with Gasteiger partial charge in [0, 0.05) is 5.39 Å². The first-order chi connectivity index (χ1) is 15.9. The molecule has 0 aliphatic carbocycles. The van der Waals surface area contributed by atoms with Crippen LogP contribution in [0.25, 0.3) is 10.9 Å². The lowest BCUT2D eigenvalue weighted by Gasteiger charge is -2.23. The van der Waals surface area contributed by atoms with Gasteiger partial charge in [0.2, 0.25) is 5.88 Å². The standard InChI is InChI=1S/C23H20N4O5S/c1-32-17-13-11-16(12-14-17)27(33(30,31)18-7-3-2-4-8-18)15-21(28)25-26-22-19-9-5-6-10-20(19)24-23(22)29/h2-14,24,29H,15H2,1H3. The van der Waals surface area contributed by atoms with Gasteiger partial charge in [-0.05, 0) is 42.5 Å². The second-order valence-corrected chi connectivity index (χ2v) is 8.85. The lowest BCUT2D eigenvalue weighted by atomic mass is 10.2. The normalized spacial score (nSPS) is 11.7. The fraction of sp³-hybridized carbons (Fsp3) is 0.0870. The minimum atomic E-state index is -4.07. The van der Waals surface area contributed by atoms with Crippen LogP contribution >= 0.6 is 0 Å². The van der Waals surface area contributed by atoms with Crippen LogP contribution in [-0.2, 0) is 14.8 Å². The number of methoxy groups -OCH3 is 1. The highest BCUT2D eigenvalue weighted by Crippen LogP contribution is 2.35. The number of hydrogen-bond acceptors (Lipinski definition) is 6. The summed E-state index contributed by atoms with van der Waals surface area (Å²) in [5.41, 5.74) is 0.988. The van der Waals surface area contributed by atoms with E-state index in [1.165, 1.54) is 31.4 Å². The number of para-hydroxylation sites is 1. The maximum absolute atomic E-state index is 13.3. The van der Waals surface area contributed by atoms with Crippen molar-refractivity contribution in [3.05, 3.63) is 78.9 Å². The predicted molar refractivity (Wildman–Crippen MR) is 123 cm³/mol. The molecule has 0 bridgehead atoms. The first-order valence-corrected chi connectivity index (χ1v) is 11.3. The van der Waals surface area contributed by atoms with E-state index in [0.717, 1.165) is 4.31 Å². The number of aromatic hydroxyl groups is 1. The largest absolute Gasteiger partial charge is 0.497 e. The molecule has 4 aromatic rings. The highest BCUT2D eigenvalue weighted by molar-refractivity contribution is 7.92. The van der Waals surface area contributed by atoms with Crippen LogP contribution in [0.15, 0.2) is 94.0 Å². The zero-order valence-corrected chi connectivity index (χ0v) is 18.4. The Hall–Kier alpha value is -4.18.